The Kier molecular flexibility index (Phi) is 4.55. The summed E-state index contributed by atoms with van der Waals surface area (Å²) in [7, 11) is 0. The maximum atomic E-state index is 4.22. The average molecular weight is 308 g/mol. The number of rotatable bonds is 5. The number of hydrogen-bond acceptors (Lipinski definition) is 2. The fourth-order valence-electron chi connectivity index (χ4n) is 2.02. The molecule has 2 rings (SSSR count). The molecular weight excluding hydrogens is 290 g/mol. The number of nitrogens with one attached hydrogen (secondary N) is 1. The Morgan fingerprint density at radius 3 is 2.61 bits per heavy atom. The van der Waals surface area contributed by atoms with Gasteiger partial charge in [-0.2, -0.15) is 5.10 Å². The molecule has 0 aliphatic rings. The monoisotopic (exact) mass is 307 g/mol. The average Bonchev–Trinajstić information content (AvgIpc) is 2.82. The Bertz CT molecular complexity index is 464. The van der Waals surface area contributed by atoms with E-state index in [1.165, 1.54) is 5.56 Å². The third kappa shape index (κ3) is 3.68. The second kappa shape index (κ2) is 6.16. The van der Waals surface area contributed by atoms with Gasteiger partial charge < -0.3 is 5.32 Å². The molecule has 0 bridgehead atoms. The molecule has 4 heteroatoms. The number of halogens is 1. The summed E-state index contributed by atoms with van der Waals surface area (Å²) in [5.74, 6) is 0. The number of aromatic nitrogens is 2. The summed E-state index contributed by atoms with van der Waals surface area (Å²) in [6.45, 7) is 5.24. The highest BCUT2D eigenvalue weighted by molar-refractivity contribution is 9.10. The van der Waals surface area contributed by atoms with Crippen LogP contribution in [0.25, 0.3) is 0 Å². The first-order valence-electron chi connectivity index (χ1n) is 6.14. The molecular formula is C14H18BrN3. The topological polar surface area (TPSA) is 29.9 Å². The lowest BCUT2D eigenvalue weighted by Gasteiger charge is -2.20. The van der Waals surface area contributed by atoms with Gasteiger partial charge in [0.1, 0.15) is 0 Å². The first-order chi connectivity index (χ1) is 8.65. The van der Waals surface area contributed by atoms with Crippen LogP contribution in [-0.4, -0.2) is 15.8 Å². The molecule has 3 nitrogen and oxygen atoms in total. The molecule has 1 N–H and O–H groups in total. The smallest absolute Gasteiger partial charge is 0.0560 e. The second-order valence-corrected chi connectivity index (χ2v) is 5.48. The van der Waals surface area contributed by atoms with Crippen molar-refractivity contribution >= 4 is 15.9 Å². The molecule has 1 aromatic carbocycles. The molecule has 18 heavy (non-hydrogen) atoms. The molecule has 0 amide bonds. The van der Waals surface area contributed by atoms with Crippen LogP contribution in [0.2, 0.25) is 0 Å². The van der Waals surface area contributed by atoms with Crippen LogP contribution in [0.3, 0.4) is 0 Å². The molecule has 96 valence electrons. The van der Waals surface area contributed by atoms with Gasteiger partial charge in [-0.15, -0.1) is 0 Å². The summed E-state index contributed by atoms with van der Waals surface area (Å²) in [4.78, 5) is 0. The van der Waals surface area contributed by atoms with E-state index >= 15 is 0 Å². The highest BCUT2D eigenvalue weighted by Gasteiger charge is 2.09. The van der Waals surface area contributed by atoms with Crippen LogP contribution >= 0.6 is 15.9 Å². The molecule has 0 spiro atoms. The third-order valence-corrected chi connectivity index (χ3v) is 3.45. The van der Waals surface area contributed by atoms with Crippen molar-refractivity contribution in [1.82, 2.24) is 15.1 Å². The van der Waals surface area contributed by atoms with Crippen LogP contribution < -0.4 is 5.32 Å². The lowest BCUT2D eigenvalue weighted by Crippen LogP contribution is -2.32. The molecule has 1 heterocycles. The van der Waals surface area contributed by atoms with E-state index in [1.807, 2.05) is 23.1 Å². The van der Waals surface area contributed by atoms with Gasteiger partial charge in [-0.05, 0) is 37.6 Å². The lowest BCUT2D eigenvalue weighted by atomic mass is 10.1. The van der Waals surface area contributed by atoms with Crippen molar-refractivity contribution in [3.8, 4) is 0 Å². The van der Waals surface area contributed by atoms with Crippen molar-refractivity contribution < 1.29 is 0 Å². The van der Waals surface area contributed by atoms with E-state index in [0.29, 0.717) is 12.1 Å². The van der Waals surface area contributed by atoms with Gasteiger partial charge in [-0.3, -0.25) is 4.68 Å². The summed E-state index contributed by atoms with van der Waals surface area (Å²) in [5.41, 5.74) is 1.30. The maximum Gasteiger partial charge on any atom is 0.0560 e. The Morgan fingerprint density at radius 2 is 2.00 bits per heavy atom. The standard InChI is InChI=1S/C14H18BrN3/c1-11(10-18-9-3-8-16-18)17-12(2)13-4-6-14(15)7-5-13/h3-9,11-12,17H,10H2,1-2H3. The van der Waals surface area contributed by atoms with Gasteiger partial charge in [-0.25, -0.2) is 0 Å². The zero-order valence-corrected chi connectivity index (χ0v) is 12.3. The Hall–Kier alpha value is -1.13. The van der Waals surface area contributed by atoms with Gasteiger partial charge in [0.25, 0.3) is 0 Å². The summed E-state index contributed by atoms with van der Waals surface area (Å²) < 4.78 is 3.06. The normalized spacial score (nSPS) is 14.4. The molecule has 2 unspecified atom stereocenters. The summed E-state index contributed by atoms with van der Waals surface area (Å²) >= 11 is 3.45. The summed E-state index contributed by atoms with van der Waals surface area (Å²) in [6.07, 6.45) is 3.80. The molecule has 0 saturated heterocycles. The summed E-state index contributed by atoms with van der Waals surface area (Å²) in [6, 6.07) is 11.1. The predicted molar refractivity (Wildman–Crippen MR) is 77.4 cm³/mol. The molecule has 0 fully saturated rings. The van der Waals surface area contributed by atoms with Crippen LogP contribution in [-0.2, 0) is 6.54 Å². The Labute approximate surface area is 116 Å². The number of benzene rings is 1. The van der Waals surface area contributed by atoms with E-state index in [-0.39, 0.29) is 0 Å². The highest BCUT2D eigenvalue weighted by Crippen LogP contribution is 2.17. The van der Waals surface area contributed by atoms with Gasteiger partial charge in [-0.1, -0.05) is 28.1 Å². The van der Waals surface area contributed by atoms with Crippen LogP contribution in [0.15, 0.2) is 47.2 Å². The van der Waals surface area contributed by atoms with Crippen molar-refractivity contribution in [2.24, 2.45) is 0 Å². The Balaban J connectivity index is 1.90. The van der Waals surface area contributed by atoms with E-state index in [1.54, 1.807) is 0 Å². The van der Waals surface area contributed by atoms with Gasteiger partial charge in [0, 0.05) is 29.0 Å². The van der Waals surface area contributed by atoms with Gasteiger partial charge in [0.05, 0.1) is 6.54 Å². The minimum Gasteiger partial charge on any atom is -0.306 e. The zero-order valence-electron chi connectivity index (χ0n) is 10.7. The number of nitrogens with zero attached hydrogens (tertiary/aromatic N) is 2. The quantitative estimate of drug-likeness (QED) is 0.917. The molecule has 0 saturated carbocycles. The summed E-state index contributed by atoms with van der Waals surface area (Å²) in [5, 5.41) is 7.80. The van der Waals surface area contributed by atoms with Gasteiger partial charge in [0.2, 0.25) is 0 Å². The highest BCUT2D eigenvalue weighted by atomic mass is 79.9. The number of hydrogen-bond donors (Lipinski definition) is 1. The molecule has 2 atom stereocenters. The lowest BCUT2D eigenvalue weighted by molar-refractivity contribution is 0.413. The van der Waals surface area contributed by atoms with Gasteiger partial charge >= 0.3 is 0 Å². The van der Waals surface area contributed by atoms with E-state index in [2.05, 4.69) is 64.5 Å². The van der Waals surface area contributed by atoms with Crippen molar-refractivity contribution in [3.63, 3.8) is 0 Å². The van der Waals surface area contributed by atoms with Crippen LogP contribution in [0.5, 0.6) is 0 Å². The minimum atomic E-state index is 0.337. The molecule has 1 aromatic heterocycles. The van der Waals surface area contributed by atoms with E-state index in [9.17, 15) is 0 Å². The van der Waals surface area contributed by atoms with Crippen molar-refractivity contribution in [2.75, 3.05) is 0 Å². The second-order valence-electron chi connectivity index (χ2n) is 4.57. The fraction of sp³-hybridized carbons (Fsp3) is 0.357. The van der Waals surface area contributed by atoms with Crippen molar-refractivity contribution in [3.05, 3.63) is 52.8 Å². The van der Waals surface area contributed by atoms with E-state index in [4.69, 9.17) is 0 Å². The van der Waals surface area contributed by atoms with E-state index in [0.717, 1.165) is 11.0 Å². The SMILES string of the molecule is CC(Cn1cccn1)NC(C)c1ccc(Br)cc1. The zero-order chi connectivity index (χ0) is 13.0. The van der Waals surface area contributed by atoms with Crippen LogP contribution in [0.4, 0.5) is 0 Å². The largest absolute Gasteiger partial charge is 0.306 e. The fourth-order valence-corrected chi connectivity index (χ4v) is 2.28. The van der Waals surface area contributed by atoms with Crippen molar-refractivity contribution in [1.29, 1.82) is 0 Å². The first kappa shape index (κ1) is 13.3. The molecule has 2 aromatic rings. The predicted octanol–water partition coefficient (Wildman–Crippen LogP) is 3.38. The maximum absolute atomic E-state index is 4.22. The molecule has 0 aliphatic heterocycles. The molecule has 0 radical (unpaired) electrons. The third-order valence-electron chi connectivity index (χ3n) is 2.92. The molecule has 0 aliphatic carbocycles. The Morgan fingerprint density at radius 1 is 1.28 bits per heavy atom. The minimum absolute atomic E-state index is 0.337. The first-order valence-corrected chi connectivity index (χ1v) is 6.93. The van der Waals surface area contributed by atoms with E-state index < -0.39 is 0 Å². The van der Waals surface area contributed by atoms with Crippen LogP contribution in [0.1, 0.15) is 25.5 Å². The van der Waals surface area contributed by atoms with Crippen molar-refractivity contribution in [2.45, 2.75) is 32.5 Å². The van der Waals surface area contributed by atoms with Gasteiger partial charge in [0.15, 0.2) is 0 Å². The van der Waals surface area contributed by atoms with Crippen LogP contribution in [0, 0.1) is 0 Å².